The molecule has 1 heterocycles. The van der Waals surface area contributed by atoms with Crippen LogP contribution in [-0.2, 0) is 23.9 Å². The van der Waals surface area contributed by atoms with Crippen molar-refractivity contribution >= 4 is 23.9 Å². The number of rotatable bonds is 44. The lowest BCUT2D eigenvalue weighted by molar-refractivity contribution is -0.147. The molecule has 1 aliphatic heterocycles. The van der Waals surface area contributed by atoms with Crippen molar-refractivity contribution in [1.82, 2.24) is 0 Å². The summed E-state index contributed by atoms with van der Waals surface area (Å²) in [5.41, 5.74) is 0. The number of unbranched alkanes of at least 4 members (excludes halogenated alkanes) is 36. The number of aliphatic hydroxyl groups is 4. The van der Waals surface area contributed by atoms with E-state index in [4.69, 9.17) is 35.7 Å². The summed E-state index contributed by atoms with van der Waals surface area (Å²) in [5, 5.41) is 60.5. The fourth-order valence-electron chi connectivity index (χ4n) is 7.70. The molecule has 0 aromatic rings. The van der Waals surface area contributed by atoms with E-state index in [1.165, 1.54) is 212 Å². The molecule has 0 unspecified atom stereocenters. The second-order valence-electron chi connectivity index (χ2n) is 18.5. The Morgan fingerprint density at radius 3 is 0.758 bits per heavy atom. The summed E-state index contributed by atoms with van der Waals surface area (Å²) < 4.78 is 4.32. The minimum Gasteiger partial charge on any atom is -0.505 e. The Kier molecular flexibility index (Phi) is 55.9. The van der Waals surface area contributed by atoms with Crippen LogP contribution in [0.4, 0.5) is 0 Å². The first kappa shape index (κ1) is 67.4. The molecule has 0 aliphatic carbocycles. The summed E-state index contributed by atoms with van der Waals surface area (Å²) >= 11 is 0. The lowest BCUT2D eigenvalue weighted by Crippen LogP contribution is -2.31. The van der Waals surface area contributed by atoms with Gasteiger partial charge in [0.05, 0.1) is 6.61 Å². The van der Waals surface area contributed by atoms with Crippen LogP contribution in [0.1, 0.15) is 290 Å². The number of carbonyl (C=O) groups is 4. The maximum Gasteiger partial charge on any atom is 0.377 e. The van der Waals surface area contributed by atoms with Gasteiger partial charge < -0.3 is 40.5 Å². The van der Waals surface area contributed by atoms with Crippen molar-refractivity contribution < 1.29 is 59.7 Å². The molecule has 1 aliphatic rings. The standard InChI is InChI=1S/3C16H32O2.C6H8O6/c3*1-2-3-4-5-6-7-8-9-10-11-12-13-14-15-16(17)18;7-1-2(8)5-3(9)4(10)6(11)12-5/h3*2-15H2,1H3,(H,17,18);2,5,7-10H,1H2/t;;;2-,5+/m...0/s1. The Bertz CT molecular complexity index is 1020. The highest BCUT2D eigenvalue weighted by Crippen LogP contribution is 2.21. The lowest BCUT2D eigenvalue weighted by Gasteiger charge is -2.13. The quantitative estimate of drug-likeness (QED) is 0.0224. The Morgan fingerprint density at radius 2 is 0.606 bits per heavy atom. The monoisotopic (exact) mass is 945 g/mol. The molecule has 0 saturated carbocycles. The van der Waals surface area contributed by atoms with Crippen molar-refractivity contribution in [3.63, 3.8) is 0 Å². The molecular formula is C54H104O12. The van der Waals surface area contributed by atoms with Crippen LogP contribution in [0.15, 0.2) is 11.5 Å². The molecule has 0 radical (unpaired) electrons. The Labute approximate surface area is 403 Å². The van der Waals surface area contributed by atoms with Gasteiger partial charge in [-0.1, -0.05) is 252 Å². The summed E-state index contributed by atoms with van der Waals surface area (Å²) in [6.07, 6.45) is 49.0. The Morgan fingerprint density at radius 1 is 0.409 bits per heavy atom. The second-order valence-corrected chi connectivity index (χ2v) is 18.5. The molecule has 0 saturated heterocycles. The Hall–Kier alpha value is -2.86. The van der Waals surface area contributed by atoms with Gasteiger partial charge in [0.15, 0.2) is 11.9 Å². The molecule has 7 N–H and O–H groups in total. The molecule has 0 aromatic heterocycles. The maximum atomic E-state index is 10.5. The summed E-state index contributed by atoms with van der Waals surface area (Å²) in [5.74, 6) is -4.74. The largest absolute Gasteiger partial charge is 0.505 e. The van der Waals surface area contributed by atoms with E-state index in [0.29, 0.717) is 19.3 Å². The molecule has 0 amide bonds. The van der Waals surface area contributed by atoms with Crippen molar-refractivity contribution in [1.29, 1.82) is 0 Å². The van der Waals surface area contributed by atoms with Gasteiger partial charge in [-0.05, 0) is 19.3 Å². The zero-order valence-electron chi connectivity index (χ0n) is 42.7. The van der Waals surface area contributed by atoms with Crippen molar-refractivity contribution in [2.75, 3.05) is 6.61 Å². The topological polar surface area (TPSA) is 219 Å². The smallest absolute Gasteiger partial charge is 0.377 e. The molecule has 12 nitrogen and oxygen atoms in total. The third-order valence-electron chi connectivity index (χ3n) is 12.0. The van der Waals surface area contributed by atoms with Crippen LogP contribution in [0.3, 0.4) is 0 Å². The fraction of sp³-hybridized carbons (Fsp3) is 0.889. The van der Waals surface area contributed by atoms with E-state index in [0.717, 1.165) is 38.5 Å². The van der Waals surface area contributed by atoms with Crippen LogP contribution in [0.2, 0.25) is 0 Å². The van der Waals surface area contributed by atoms with Crippen molar-refractivity contribution in [2.24, 2.45) is 0 Å². The fourth-order valence-corrected chi connectivity index (χ4v) is 7.70. The average Bonchev–Trinajstić information content (AvgIpc) is 3.55. The number of carboxylic acids is 3. The first-order valence-corrected chi connectivity index (χ1v) is 27.2. The minimum atomic E-state index is -1.42. The number of hydrogen-bond donors (Lipinski definition) is 7. The number of esters is 1. The summed E-state index contributed by atoms with van der Waals surface area (Å²) in [4.78, 5) is 41.4. The van der Waals surface area contributed by atoms with E-state index in [2.05, 4.69) is 25.5 Å². The highest BCUT2D eigenvalue weighted by molar-refractivity contribution is 5.89. The molecule has 0 aromatic carbocycles. The molecule has 0 fully saturated rings. The molecule has 2 atom stereocenters. The van der Waals surface area contributed by atoms with E-state index in [1.807, 2.05) is 0 Å². The predicted octanol–water partition coefficient (Wildman–Crippen LogP) is 15.2. The van der Waals surface area contributed by atoms with Crippen molar-refractivity contribution in [2.45, 2.75) is 303 Å². The predicted molar refractivity (Wildman–Crippen MR) is 269 cm³/mol. The first-order valence-electron chi connectivity index (χ1n) is 27.2. The number of carbonyl (C=O) groups excluding carboxylic acids is 1. The molecule has 0 spiro atoms. The Balaban J connectivity index is -0.000000809. The van der Waals surface area contributed by atoms with Crippen LogP contribution in [0.25, 0.3) is 0 Å². The van der Waals surface area contributed by atoms with Gasteiger partial charge >= 0.3 is 23.9 Å². The van der Waals surface area contributed by atoms with Crippen LogP contribution in [-0.4, -0.2) is 78.4 Å². The van der Waals surface area contributed by atoms with E-state index in [9.17, 15) is 19.2 Å². The first-order chi connectivity index (χ1) is 31.9. The lowest BCUT2D eigenvalue weighted by atomic mass is 10.0. The molecule has 12 heteroatoms. The summed E-state index contributed by atoms with van der Waals surface area (Å²) in [6.45, 7) is 6.11. The molecule has 66 heavy (non-hydrogen) atoms. The molecule has 392 valence electrons. The van der Waals surface area contributed by atoms with Crippen LogP contribution in [0.5, 0.6) is 0 Å². The van der Waals surface area contributed by atoms with E-state index in [-0.39, 0.29) is 0 Å². The van der Waals surface area contributed by atoms with Gasteiger partial charge in [-0.2, -0.15) is 0 Å². The van der Waals surface area contributed by atoms with Gasteiger partial charge in [0.2, 0.25) is 5.76 Å². The normalized spacial score (nSPS) is 13.5. The van der Waals surface area contributed by atoms with Gasteiger partial charge in [-0.3, -0.25) is 14.4 Å². The van der Waals surface area contributed by atoms with E-state index in [1.54, 1.807) is 0 Å². The number of carboxylic acid groups (broad SMARTS) is 3. The number of hydrogen-bond acceptors (Lipinski definition) is 9. The maximum absolute atomic E-state index is 10.5. The van der Waals surface area contributed by atoms with Gasteiger partial charge in [-0.25, -0.2) is 4.79 Å². The average molecular weight is 945 g/mol. The number of aliphatic carboxylic acids is 3. The van der Waals surface area contributed by atoms with Crippen LogP contribution < -0.4 is 0 Å². The van der Waals surface area contributed by atoms with Crippen LogP contribution in [0, 0.1) is 0 Å². The van der Waals surface area contributed by atoms with Crippen LogP contribution >= 0.6 is 0 Å². The SMILES string of the molecule is CCCCCCCCCCCCCCCC(=O)O.CCCCCCCCCCCCCCCC(=O)O.CCCCCCCCCCCCCCCC(=O)O.O=C1O[C@H]([C@@H](O)CO)C(O)=C1O. The van der Waals surface area contributed by atoms with Gasteiger partial charge in [-0.15, -0.1) is 0 Å². The summed E-state index contributed by atoms with van der Waals surface area (Å²) in [7, 11) is 0. The molecule has 0 bridgehead atoms. The van der Waals surface area contributed by atoms with Gasteiger partial charge in [0, 0.05) is 19.3 Å². The highest BCUT2D eigenvalue weighted by atomic mass is 16.6. The van der Waals surface area contributed by atoms with E-state index < -0.39 is 54.2 Å². The molecular weight excluding hydrogens is 841 g/mol. The third-order valence-corrected chi connectivity index (χ3v) is 12.0. The number of cyclic esters (lactones) is 1. The van der Waals surface area contributed by atoms with Gasteiger partial charge in [0.25, 0.3) is 0 Å². The molecule has 1 rings (SSSR count). The minimum absolute atomic E-state index is 0.345. The van der Waals surface area contributed by atoms with Crippen molar-refractivity contribution in [3.05, 3.63) is 11.5 Å². The number of aliphatic hydroxyl groups excluding tert-OH is 4. The van der Waals surface area contributed by atoms with Crippen molar-refractivity contribution in [3.8, 4) is 0 Å². The third kappa shape index (κ3) is 53.8. The second kappa shape index (κ2) is 54.7. The summed E-state index contributed by atoms with van der Waals surface area (Å²) in [6, 6.07) is 0. The van der Waals surface area contributed by atoms with E-state index >= 15 is 0 Å². The highest BCUT2D eigenvalue weighted by Gasteiger charge is 2.38. The zero-order valence-corrected chi connectivity index (χ0v) is 42.7. The zero-order chi connectivity index (χ0) is 49.7. The number of ether oxygens (including phenoxy) is 1. The van der Waals surface area contributed by atoms with Gasteiger partial charge in [0.1, 0.15) is 6.10 Å².